The number of fused-ring (bicyclic) bond motifs is 4. The number of hydrogen-bond acceptors (Lipinski definition) is 17. The maximum atomic E-state index is 14.9. The zero-order valence-electron chi connectivity index (χ0n) is 45.9. The largest absolute Gasteiger partial charge is 0.509 e. The maximum Gasteiger partial charge on any atom is 0.509 e. The molecule has 2 fully saturated rings. The number of nitrogens with one attached hydrogen (secondary N) is 1. The van der Waals surface area contributed by atoms with E-state index < -0.39 is 96.3 Å². The summed E-state index contributed by atoms with van der Waals surface area (Å²) in [5, 5.41) is 18.7. The van der Waals surface area contributed by atoms with Gasteiger partial charge in [-0.1, -0.05) is 172 Å². The molecular formula is C59H69N4O16PSi. The Balaban J connectivity index is 1.08. The summed E-state index contributed by atoms with van der Waals surface area (Å²) >= 11 is 0. The quantitative estimate of drug-likeness (QED) is 0.0132. The van der Waals surface area contributed by atoms with E-state index in [2.05, 4.69) is 21.9 Å². The summed E-state index contributed by atoms with van der Waals surface area (Å²) in [6.07, 6.45) is -12.4. The predicted octanol–water partition coefficient (Wildman–Crippen LogP) is 11.2. The average Bonchev–Trinajstić information content (AvgIpc) is 3.73. The molecule has 3 heterocycles. The van der Waals surface area contributed by atoms with Gasteiger partial charge in [-0.25, -0.2) is 14.2 Å². The molecule has 5 aromatic carbocycles. The smallest absolute Gasteiger partial charge is 0.449 e. The molecule has 9 rings (SSSR count). The van der Waals surface area contributed by atoms with Crippen molar-refractivity contribution in [3.8, 4) is 11.1 Å². The normalized spacial score (nSPS) is 25.2. The van der Waals surface area contributed by atoms with Crippen LogP contribution >= 0.6 is 7.82 Å². The van der Waals surface area contributed by atoms with E-state index in [0.29, 0.717) is 11.1 Å². The van der Waals surface area contributed by atoms with Crippen LogP contribution in [0.3, 0.4) is 0 Å². The fourth-order valence-corrected chi connectivity index (χ4v) is 12.3. The number of phosphoric acid groups is 1. The van der Waals surface area contributed by atoms with E-state index in [1.165, 1.54) is 6.08 Å². The molecule has 0 aromatic heterocycles. The fourth-order valence-electron chi connectivity index (χ4n) is 9.85. The van der Waals surface area contributed by atoms with E-state index in [1.807, 2.05) is 155 Å². The number of rotatable bonds is 21. The number of amides is 1. The number of alkyl carbamates (subject to hydrolysis) is 1. The molecule has 20 nitrogen and oxygen atoms in total. The van der Waals surface area contributed by atoms with Gasteiger partial charge in [-0.3, -0.25) is 13.6 Å². The first-order chi connectivity index (χ1) is 39.0. The fraction of sp³-hybridized carbons (Fsp3) is 0.424. The summed E-state index contributed by atoms with van der Waals surface area (Å²) in [5.74, 6) is -0.349. The van der Waals surface area contributed by atoms with Gasteiger partial charge in [-0.05, 0) is 68.2 Å². The molecule has 5 aromatic rings. The van der Waals surface area contributed by atoms with Gasteiger partial charge in [0.2, 0.25) is 0 Å². The number of aliphatic hydroxyl groups excluding tert-OH is 1. The lowest BCUT2D eigenvalue weighted by molar-refractivity contribution is -0.299. The molecule has 0 bridgehead atoms. The van der Waals surface area contributed by atoms with Crippen LogP contribution in [0.25, 0.3) is 21.6 Å². The van der Waals surface area contributed by atoms with Gasteiger partial charge in [0.25, 0.3) is 0 Å². The number of carbonyl (C=O) groups is 2. The van der Waals surface area contributed by atoms with Crippen LogP contribution in [0.2, 0.25) is 18.1 Å². The molecule has 10 atom stereocenters. The number of aliphatic hydroxyl groups is 1. The molecule has 2 saturated heterocycles. The van der Waals surface area contributed by atoms with Crippen LogP contribution in [0, 0.1) is 0 Å². The molecule has 430 valence electrons. The van der Waals surface area contributed by atoms with E-state index in [1.54, 1.807) is 12.1 Å². The summed E-state index contributed by atoms with van der Waals surface area (Å²) in [6, 6.07) is 38.7. The molecule has 81 heavy (non-hydrogen) atoms. The van der Waals surface area contributed by atoms with Crippen LogP contribution in [-0.4, -0.2) is 113 Å². The molecule has 0 saturated carbocycles. The molecule has 0 spiro atoms. The Morgan fingerprint density at radius 2 is 1.32 bits per heavy atom. The van der Waals surface area contributed by atoms with Crippen LogP contribution in [0.5, 0.6) is 0 Å². The summed E-state index contributed by atoms with van der Waals surface area (Å²) in [7, 11) is -7.34. The van der Waals surface area contributed by atoms with Gasteiger partial charge in [0, 0.05) is 10.8 Å². The first-order valence-electron chi connectivity index (χ1n) is 26.8. The lowest BCUT2D eigenvalue weighted by atomic mass is 9.96. The van der Waals surface area contributed by atoms with Crippen LogP contribution in [0.15, 0.2) is 151 Å². The zero-order valence-corrected chi connectivity index (χ0v) is 47.7. The molecule has 2 N–H and O–H groups in total. The standard InChI is InChI=1S/C59H69N4O16PSi/c1-7-30-69-58(66)77-54-50(61-57(65)72-35-46-44-28-18-16-26-42(44)43-27-17-19-29-45(43)46)55(75-47(36-68-31-38-20-10-8-11-21-38)53(54)78-80(67)73-33-40-24-14-15-25-41(40)34-74-80)71-37-48-52(70-32-39-22-12-9-13-23-39)51(64)49(62-63-60)56(76-48)79-81(5,6)59(2,3)4/h7-29,46-56,64H,1,30-37H2,2-6H3,(H,61,65)/t47?,48?,49?,50?,51-,52-,53-,54-,55-,56+/m1/s1. The van der Waals surface area contributed by atoms with Gasteiger partial charge in [0.15, 0.2) is 27.0 Å². The second-order valence-electron chi connectivity index (χ2n) is 21.5. The topological polar surface area (TPSA) is 243 Å². The molecule has 4 aliphatic rings. The van der Waals surface area contributed by atoms with Crippen LogP contribution in [0.4, 0.5) is 9.59 Å². The number of azide groups is 1. The molecule has 22 heteroatoms. The van der Waals surface area contributed by atoms with Crippen molar-refractivity contribution in [2.24, 2.45) is 5.11 Å². The Morgan fingerprint density at radius 1 is 0.753 bits per heavy atom. The van der Waals surface area contributed by atoms with Crippen molar-refractivity contribution in [3.63, 3.8) is 0 Å². The lowest BCUT2D eigenvalue weighted by Crippen LogP contribution is -2.67. The first kappa shape index (κ1) is 59.4. The summed E-state index contributed by atoms with van der Waals surface area (Å²) < 4.78 is 90.6. The van der Waals surface area contributed by atoms with E-state index >= 15 is 0 Å². The van der Waals surface area contributed by atoms with Gasteiger partial charge in [0.05, 0.1) is 45.7 Å². The minimum atomic E-state index is -4.62. The Bertz CT molecular complexity index is 2960. The van der Waals surface area contributed by atoms with E-state index in [4.69, 9.17) is 55.9 Å². The zero-order chi connectivity index (χ0) is 57.2. The maximum absolute atomic E-state index is 14.9. The van der Waals surface area contributed by atoms with Crippen molar-refractivity contribution in [2.75, 3.05) is 26.4 Å². The highest BCUT2D eigenvalue weighted by Crippen LogP contribution is 2.55. The highest BCUT2D eigenvalue weighted by Gasteiger charge is 2.56. The minimum absolute atomic E-state index is 0.00290. The second-order valence-corrected chi connectivity index (χ2v) is 27.9. The van der Waals surface area contributed by atoms with Crippen molar-refractivity contribution >= 4 is 28.4 Å². The average molecular weight is 1150 g/mol. The number of ether oxygens (including phenoxy) is 8. The predicted molar refractivity (Wildman–Crippen MR) is 299 cm³/mol. The number of hydrogen-bond donors (Lipinski definition) is 2. The van der Waals surface area contributed by atoms with Crippen LogP contribution < -0.4 is 5.32 Å². The summed E-state index contributed by atoms with van der Waals surface area (Å²) in [5.41, 5.74) is 16.7. The molecular weight excluding hydrogens is 1080 g/mol. The monoisotopic (exact) mass is 1150 g/mol. The number of carbonyl (C=O) groups excluding carboxylic acids is 2. The third-order valence-corrected chi connectivity index (χ3v) is 20.9. The van der Waals surface area contributed by atoms with Crippen molar-refractivity contribution in [3.05, 3.63) is 190 Å². The third-order valence-electron chi connectivity index (χ3n) is 15.1. The van der Waals surface area contributed by atoms with Gasteiger partial charge in [-0.15, -0.1) is 0 Å². The van der Waals surface area contributed by atoms with E-state index in [9.17, 15) is 24.8 Å². The lowest BCUT2D eigenvalue weighted by Gasteiger charge is -2.48. The van der Waals surface area contributed by atoms with Crippen molar-refractivity contribution in [1.82, 2.24) is 5.32 Å². The highest BCUT2D eigenvalue weighted by atomic mass is 31.2. The van der Waals surface area contributed by atoms with E-state index in [-0.39, 0.29) is 57.2 Å². The van der Waals surface area contributed by atoms with Gasteiger partial charge < -0.3 is 52.7 Å². The SMILES string of the molecule is C=CCOC(=O)O[C@@H]1C(NC(=O)OCC2c3ccccc3-c3ccccc32)[C@H](OCC2O[C@@H](O[Si](C)(C)C(C)(C)C)C(N=[N+]=[N-])[C@@H](O)[C@@H]2OCc2ccccc2)OC(COCc2ccccc2)[C@H]1OP1(=O)OCc2ccccc2CO1. The van der Waals surface area contributed by atoms with Gasteiger partial charge in [0.1, 0.15) is 49.7 Å². The Hall–Kier alpha value is -6.26. The molecule has 3 aliphatic heterocycles. The Kier molecular flexibility index (Phi) is 19.6. The van der Waals surface area contributed by atoms with Crippen molar-refractivity contribution in [1.29, 1.82) is 0 Å². The van der Waals surface area contributed by atoms with E-state index in [0.717, 1.165) is 33.4 Å². The van der Waals surface area contributed by atoms with Crippen molar-refractivity contribution in [2.45, 2.75) is 133 Å². The third kappa shape index (κ3) is 14.5. The van der Waals surface area contributed by atoms with Gasteiger partial charge >= 0.3 is 20.1 Å². The Labute approximate surface area is 472 Å². The van der Waals surface area contributed by atoms with Crippen LogP contribution in [-0.2, 0) is 86.9 Å². The minimum Gasteiger partial charge on any atom is -0.449 e. The first-order valence-corrected chi connectivity index (χ1v) is 31.2. The molecule has 4 unspecified atom stereocenters. The number of phosphoric ester groups is 1. The summed E-state index contributed by atoms with van der Waals surface area (Å²) in [4.78, 5) is 31.6. The van der Waals surface area contributed by atoms with Crippen LogP contribution in [0.1, 0.15) is 60.1 Å². The number of nitrogens with zero attached hydrogens (tertiary/aromatic N) is 3. The molecule has 1 amide bonds. The molecule has 0 radical (unpaired) electrons. The second kappa shape index (κ2) is 26.8. The summed E-state index contributed by atoms with van der Waals surface area (Å²) in [6.45, 7) is 12.3. The van der Waals surface area contributed by atoms with Gasteiger partial charge in [-0.2, -0.15) is 0 Å². The Morgan fingerprint density at radius 3 is 1.93 bits per heavy atom. The number of benzene rings is 5. The van der Waals surface area contributed by atoms with Crippen molar-refractivity contribution < 1.29 is 75.2 Å². The highest BCUT2D eigenvalue weighted by molar-refractivity contribution is 7.48. The molecule has 1 aliphatic carbocycles.